The predicted octanol–water partition coefficient (Wildman–Crippen LogP) is 0.759. The molecule has 0 atom stereocenters. The summed E-state index contributed by atoms with van der Waals surface area (Å²) in [5.74, 6) is 0. The van der Waals surface area contributed by atoms with Crippen molar-refractivity contribution < 1.29 is 39.1 Å². The predicted molar refractivity (Wildman–Crippen MR) is 40.9 cm³/mol. The zero-order valence-corrected chi connectivity index (χ0v) is 13.1. The number of hydrogen-bond acceptors (Lipinski definition) is 2. The molecule has 0 heterocycles. The molecule has 0 unspecified atom stereocenters. The summed E-state index contributed by atoms with van der Waals surface area (Å²) < 4.78 is 30.8. The molecule has 0 aromatic heterocycles. The summed E-state index contributed by atoms with van der Waals surface area (Å²) in [5.41, 5.74) is 0. The van der Waals surface area contributed by atoms with Crippen LogP contribution in [0.3, 0.4) is 0 Å². The van der Waals surface area contributed by atoms with Gasteiger partial charge in [-0.05, 0) is 0 Å². The molecule has 3 nitrogen and oxygen atoms in total. The van der Waals surface area contributed by atoms with E-state index in [9.17, 15) is 8.42 Å². The molecule has 1 N–H and O–H groups in total. The fourth-order valence-corrected chi connectivity index (χ4v) is 4.73. The molecular formula is C6H4ClHgO3S. The van der Waals surface area contributed by atoms with Crippen LogP contribution >= 0.6 is 11.6 Å². The second-order valence-corrected chi connectivity index (χ2v) is 6.74. The summed E-state index contributed by atoms with van der Waals surface area (Å²) >= 11 is 5.76. The van der Waals surface area contributed by atoms with Crippen molar-refractivity contribution in [3.05, 3.63) is 23.2 Å². The van der Waals surface area contributed by atoms with Gasteiger partial charge in [0.1, 0.15) is 0 Å². The summed E-state index contributed by atoms with van der Waals surface area (Å²) in [5, 5.41) is 0.411. The number of benzene rings is 1. The first-order valence-corrected chi connectivity index (χ1v) is 7.57. The molecule has 12 heavy (non-hydrogen) atoms. The zero-order valence-electron chi connectivity index (χ0n) is 5.99. The van der Waals surface area contributed by atoms with Gasteiger partial charge in [0.2, 0.25) is 0 Å². The van der Waals surface area contributed by atoms with E-state index in [1.807, 2.05) is 0 Å². The Labute approximate surface area is 91.5 Å². The first-order chi connectivity index (χ1) is 5.43. The molecule has 0 saturated heterocycles. The zero-order chi connectivity index (χ0) is 9.35. The molecule has 1 aromatic carbocycles. The van der Waals surface area contributed by atoms with E-state index >= 15 is 0 Å². The van der Waals surface area contributed by atoms with Crippen molar-refractivity contribution in [2.45, 2.75) is 4.90 Å². The first-order valence-electron chi connectivity index (χ1n) is 3.01. The molecule has 0 aliphatic rings. The van der Waals surface area contributed by atoms with Crippen molar-refractivity contribution in [2.24, 2.45) is 0 Å². The van der Waals surface area contributed by atoms with Crippen molar-refractivity contribution in [3.63, 3.8) is 0 Å². The van der Waals surface area contributed by atoms with E-state index in [-0.39, 0.29) is 31.0 Å². The molecule has 0 saturated carbocycles. The SMILES string of the molecule is O=S(=O)(O)c1cccc(Cl)[c]1[Hg]. The molecule has 0 spiro atoms. The van der Waals surface area contributed by atoms with Gasteiger partial charge in [0.15, 0.2) is 0 Å². The Kier molecular flexibility index (Phi) is 3.14. The minimum absolute atomic E-state index is 0.0571. The molecule has 61 valence electrons. The Morgan fingerprint density at radius 2 is 2.00 bits per heavy atom. The van der Waals surface area contributed by atoms with Gasteiger partial charge >= 0.3 is 92.0 Å². The van der Waals surface area contributed by atoms with E-state index in [0.29, 0.717) is 8.09 Å². The summed E-state index contributed by atoms with van der Waals surface area (Å²) in [6.07, 6.45) is 0. The molecule has 1 rings (SSSR count). The second kappa shape index (κ2) is 3.61. The normalized spacial score (nSPS) is 11.7. The third kappa shape index (κ3) is 2.19. The first kappa shape index (κ1) is 10.4. The number of hydrogen-bond donors (Lipinski definition) is 1. The van der Waals surface area contributed by atoms with Crippen molar-refractivity contribution >= 4 is 24.8 Å². The molecule has 0 amide bonds. The van der Waals surface area contributed by atoms with E-state index in [2.05, 4.69) is 0 Å². The maximum atomic E-state index is 10.7. The Morgan fingerprint density at radius 3 is 2.42 bits per heavy atom. The third-order valence-electron chi connectivity index (χ3n) is 1.35. The Hall–Kier alpha value is 0.355. The molecule has 0 bridgehead atoms. The summed E-state index contributed by atoms with van der Waals surface area (Å²) in [6.45, 7) is 0. The summed E-state index contributed by atoms with van der Waals surface area (Å²) in [7, 11) is -4.09. The van der Waals surface area contributed by atoms with Gasteiger partial charge in [-0.1, -0.05) is 0 Å². The van der Waals surface area contributed by atoms with Gasteiger partial charge < -0.3 is 0 Å². The number of halogens is 1. The van der Waals surface area contributed by atoms with E-state index in [1.165, 1.54) is 12.1 Å². The molecule has 0 aliphatic heterocycles. The molecule has 0 radical (unpaired) electrons. The molecule has 6 heteroatoms. The van der Waals surface area contributed by atoms with Crippen LogP contribution in [0.15, 0.2) is 23.1 Å². The maximum absolute atomic E-state index is 10.7. The summed E-state index contributed by atoms with van der Waals surface area (Å²) in [6, 6.07) is 4.46. The molecule has 0 aliphatic carbocycles. The monoisotopic (exact) mass is 393 g/mol. The fraction of sp³-hybridized carbons (Fsp3) is 0. The van der Waals surface area contributed by atoms with Crippen molar-refractivity contribution in [2.75, 3.05) is 0 Å². The third-order valence-corrected chi connectivity index (χ3v) is 7.48. The standard InChI is InChI=1S/C6H4ClO3S.Hg/c7-5-2-1-3-6(4-5)11(8,9)10;/h1-3H,(H,8,9,10);. The Bertz CT molecular complexity index is 401. The van der Waals surface area contributed by atoms with Crippen molar-refractivity contribution in [3.8, 4) is 0 Å². The fourth-order valence-electron chi connectivity index (χ4n) is 0.781. The van der Waals surface area contributed by atoms with Crippen LogP contribution in [0.2, 0.25) is 5.02 Å². The Morgan fingerprint density at radius 1 is 1.42 bits per heavy atom. The van der Waals surface area contributed by atoms with Crippen LogP contribution in [0.5, 0.6) is 0 Å². The van der Waals surface area contributed by atoms with E-state index in [1.54, 1.807) is 6.07 Å². The topological polar surface area (TPSA) is 54.4 Å². The van der Waals surface area contributed by atoms with E-state index in [0.717, 1.165) is 0 Å². The second-order valence-electron chi connectivity index (χ2n) is 2.19. The van der Waals surface area contributed by atoms with E-state index < -0.39 is 10.1 Å². The van der Waals surface area contributed by atoms with Crippen LogP contribution in [0.25, 0.3) is 0 Å². The van der Waals surface area contributed by atoms with Crippen LogP contribution in [0.1, 0.15) is 0 Å². The minimum atomic E-state index is -4.09. The van der Waals surface area contributed by atoms with Gasteiger partial charge in [0.25, 0.3) is 0 Å². The Balaban J connectivity index is 3.47. The van der Waals surface area contributed by atoms with Crippen LogP contribution < -0.4 is 3.07 Å². The average Bonchev–Trinajstić information content (AvgIpc) is 1.92. The quantitative estimate of drug-likeness (QED) is 0.567. The van der Waals surface area contributed by atoms with Crippen molar-refractivity contribution in [1.29, 1.82) is 0 Å². The molecular weight excluding hydrogens is 388 g/mol. The van der Waals surface area contributed by atoms with Gasteiger partial charge in [-0.3, -0.25) is 0 Å². The van der Waals surface area contributed by atoms with E-state index in [4.69, 9.17) is 16.2 Å². The van der Waals surface area contributed by atoms with Gasteiger partial charge in [0.05, 0.1) is 0 Å². The van der Waals surface area contributed by atoms with Crippen molar-refractivity contribution in [1.82, 2.24) is 0 Å². The van der Waals surface area contributed by atoms with Gasteiger partial charge in [0, 0.05) is 0 Å². The van der Waals surface area contributed by atoms with Gasteiger partial charge in [-0.15, -0.1) is 0 Å². The molecule has 1 aromatic rings. The van der Waals surface area contributed by atoms with Crippen LogP contribution in [-0.2, 0) is 36.2 Å². The van der Waals surface area contributed by atoms with Crippen LogP contribution in [-0.4, -0.2) is 13.0 Å². The molecule has 0 fully saturated rings. The van der Waals surface area contributed by atoms with Gasteiger partial charge in [-0.2, -0.15) is 0 Å². The summed E-state index contributed by atoms with van der Waals surface area (Å²) in [4.78, 5) is -0.0571. The number of rotatable bonds is 1. The average molecular weight is 392 g/mol. The van der Waals surface area contributed by atoms with Gasteiger partial charge in [-0.25, -0.2) is 0 Å². The van der Waals surface area contributed by atoms with Crippen LogP contribution in [0, 0.1) is 0 Å². The van der Waals surface area contributed by atoms with Crippen LogP contribution in [0.4, 0.5) is 0 Å².